The first-order chi connectivity index (χ1) is 13.2. The van der Waals surface area contributed by atoms with E-state index >= 15 is 0 Å². The van der Waals surface area contributed by atoms with E-state index in [-0.39, 0.29) is 10.9 Å². The highest BCUT2D eigenvalue weighted by Gasteiger charge is 2.28. The van der Waals surface area contributed by atoms with Crippen LogP contribution in [-0.2, 0) is 10.0 Å². The summed E-state index contributed by atoms with van der Waals surface area (Å²) in [6.45, 7) is 12.6. The lowest BCUT2D eigenvalue weighted by Gasteiger charge is -2.36. The first kappa shape index (κ1) is 21.5. The van der Waals surface area contributed by atoms with Crippen molar-refractivity contribution >= 4 is 15.8 Å². The number of pyridine rings is 1. The quantitative estimate of drug-likeness (QED) is 0.773. The van der Waals surface area contributed by atoms with Gasteiger partial charge in [0, 0.05) is 58.1 Å². The maximum absolute atomic E-state index is 12.8. The number of piperidine rings is 1. The number of hydrogen-bond acceptors (Lipinski definition) is 6. The first-order valence-electron chi connectivity index (χ1n) is 10.4. The van der Waals surface area contributed by atoms with Crippen molar-refractivity contribution in [2.45, 2.75) is 38.1 Å². The van der Waals surface area contributed by atoms with Gasteiger partial charge >= 0.3 is 0 Å². The standard InChI is InChI=1S/C20H35N5O2S/c1-16-11-17(2)14-24(13-16)15-18(3)22-20-6-5-19(12-21-20)28(26,27)25-9-7-23(4)8-10-25/h5-6,12,16-18H,7-11,13-15H2,1-4H3,(H,21,22). The van der Waals surface area contributed by atoms with Crippen LogP contribution in [-0.4, -0.2) is 86.4 Å². The van der Waals surface area contributed by atoms with Crippen LogP contribution in [0.4, 0.5) is 5.82 Å². The second kappa shape index (κ2) is 9.07. The first-order valence-corrected chi connectivity index (χ1v) is 11.8. The van der Waals surface area contributed by atoms with Crippen molar-refractivity contribution < 1.29 is 8.42 Å². The number of nitrogens with one attached hydrogen (secondary N) is 1. The van der Waals surface area contributed by atoms with Crippen molar-refractivity contribution in [2.75, 3.05) is 58.2 Å². The Morgan fingerprint density at radius 3 is 2.36 bits per heavy atom. The Labute approximate surface area is 170 Å². The van der Waals surface area contributed by atoms with Gasteiger partial charge in [0.2, 0.25) is 10.0 Å². The summed E-state index contributed by atoms with van der Waals surface area (Å²) in [6.07, 6.45) is 2.79. The molecule has 7 nitrogen and oxygen atoms in total. The third-order valence-electron chi connectivity index (χ3n) is 5.71. The van der Waals surface area contributed by atoms with Gasteiger partial charge in [-0.3, -0.25) is 0 Å². The normalized spacial score (nSPS) is 26.9. The fourth-order valence-electron chi connectivity index (χ4n) is 4.42. The Bertz CT molecular complexity index is 721. The summed E-state index contributed by atoms with van der Waals surface area (Å²) in [5.41, 5.74) is 0. The second-order valence-corrected chi connectivity index (χ2v) is 10.7. The van der Waals surface area contributed by atoms with Crippen LogP contribution in [0.25, 0.3) is 0 Å². The lowest BCUT2D eigenvalue weighted by molar-refractivity contribution is 0.138. The second-order valence-electron chi connectivity index (χ2n) is 8.80. The number of likely N-dealkylation sites (tertiary alicyclic amines) is 1. The van der Waals surface area contributed by atoms with Crippen LogP contribution >= 0.6 is 0 Å². The van der Waals surface area contributed by atoms with Crippen LogP contribution in [0.2, 0.25) is 0 Å². The number of nitrogens with zero attached hydrogens (tertiary/aromatic N) is 4. The van der Waals surface area contributed by atoms with Crippen molar-refractivity contribution in [3.05, 3.63) is 18.3 Å². The van der Waals surface area contributed by atoms with E-state index in [2.05, 4.69) is 40.9 Å². The summed E-state index contributed by atoms with van der Waals surface area (Å²) in [7, 11) is -1.45. The van der Waals surface area contributed by atoms with Crippen LogP contribution in [0.3, 0.4) is 0 Å². The molecule has 1 N–H and O–H groups in total. The molecule has 0 spiro atoms. The summed E-state index contributed by atoms with van der Waals surface area (Å²) >= 11 is 0. The number of aromatic nitrogens is 1. The molecule has 2 aliphatic heterocycles. The molecular formula is C20H35N5O2S. The Kier molecular flexibility index (Phi) is 6.96. The Hall–Kier alpha value is -1.22. The molecule has 0 aromatic carbocycles. The van der Waals surface area contributed by atoms with Crippen molar-refractivity contribution in [1.82, 2.24) is 19.1 Å². The molecule has 3 unspecified atom stereocenters. The Balaban J connectivity index is 1.56. The van der Waals surface area contributed by atoms with E-state index in [0.29, 0.717) is 13.1 Å². The van der Waals surface area contributed by atoms with Crippen LogP contribution in [0.5, 0.6) is 0 Å². The highest BCUT2D eigenvalue weighted by atomic mass is 32.2. The molecule has 1 aromatic rings. The maximum Gasteiger partial charge on any atom is 0.244 e. The zero-order chi connectivity index (χ0) is 20.3. The van der Waals surface area contributed by atoms with Crippen LogP contribution in [0, 0.1) is 11.8 Å². The van der Waals surface area contributed by atoms with Crippen molar-refractivity contribution in [1.29, 1.82) is 0 Å². The van der Waals surface area contributed by atoms with Crippen LogP contribution < -0.4 is 5.32 Å². The molecule has 1 aromatic heterocycles. The van der Waals surface area contributed by atoms with Gasteiger partial charge in [-0.25, -0.2) is 13.4 Å². The van der Waals surface area contributed by atoms with Crippen LogP contribution in [0.15, 0.2) is 23.2 Å². The number of likely N-dealkylation sites (N-methyl/N-ethyl adjacent to an activating group) is 1. The summed E-state index contributed by atoms with van der Waals surface area (Å²) in [6, 6.07) is 3.70. The lowest BCUT2D eigenvalue weighted by Crippen LogP contribution is -2.47. The maximum atomic E-state index is 12.8. The molecule has 28 heavy (non-hydrogen) atoms. The molecule has 0 saturated carbocycles. The molecule has 3 heterocycles. The fourth-order valence-corrected chi connectivity index (χ4v) is 5.79. The average Bonchev–Trinajstić information content (AvgIpc) is 2.61. The van der Waals surface area contributed by atoms with Crippen molar-refractivity contribution in [3.63, 3.8) is 0 Å². The van der Waals surface area contributed by atoms with E-state index in [0.717, 1.165) is 50.4 Å². The van der Waals surface area contributed by atoms with Crippen LogP contribution in [0.1, 0.15) is 27.2 Å². The topological polar surface area (TPSA) is 68.8 Å². The molecule has 158 valence electrons. The highest BCUT2D eigenvalue weighted by molar-refractivity contribution is 7.89. The molecule has 2 fully saturated rings. The van der Waals surface area contributed by atoms with E-state index in [1.807, 2.05) is 7.05 Å². The number of piperazine rings is 1. The molecular weight excluding hydrogens is 374 g/mol. The Morgan fingerprint density at radius 1 is 1.14 bits per heavy atom. The Morgan fingerprint density at radius 2 is 1.79 bits per heavy atom. The molecule has 8 heteroatoms. The van der Waals surface area contributed by atoms with Gasteiger partial charge in [-0.15, -0.1) is 0 Å². The zero-order valence-corrected chi connectivity index (χ0v) is 18.5. The summed E-state index contributed by atoms with van der Waals surface area (Å²) in [4.78, 5) is 9.30. The molecule has 0 aliphatic carbocycles. The molecule has 0 amide bonds. The average molecular weight is 410 g/mol. The van der Waals surface area contributed by atoms with E-state index < -0.39 is 10.0 Å². The van der Waals surface area contributed by atoms with Gasteiger partial charge in [-0.2, -0.15) is 4.31 Å². The molecule has 0 bridgehead atoms. The van der Waals surface area contributed by atoms with E-state index in [1.165, 1.54) is 12.6 Å². The highest BCUT2D eigenvalue weighted by Crippen LogP contribution is 2.22. The predicted molar refractivity (Wildman–Crippen MR) is 113 cm³/mol. The third kappa shape index (κ3) is 5.43. The zero-order valence-electron chi connectivity index (χ0n) is 17.6. The predicted octanol–water partition coefficient (Wildman–Crippen LogP) is 1.80. The molecule has 2 saturated heterocycles. The van der Waals surface area contributed by atoms with Gasteiger partial charge in [0.1, 0.15) is 10.7 Å². The minimum atomic E-state index is -3.46. The third-order valence-corrected chi connectivity index (χ3v) is 7.59. The SMILES string of the molecule is CC1CC(C)CN(CC(C)Nc2ccc(S(=O)(=O)N3CCN(C)CC3)cn2)C1. The monoisotopic (exact) mass is 409 g/mol. The van der Waals surface area contributed by atoms with Gasteiger partial charge in [0.25, 0.3) is 0 Å². The number of sulfonamides is 1. The van der Waals surface area contributed by atoms with Gasteiger partial charge in [0.15, 0.2) is 0 Å². The smallest absolute Gasteiger partial charge is 0.244 e. The molecule has 3 atom stereocenters. The minimum absolute atomic E-state index is 0.255. The van der Waals surface area contributed by atoms with E-state index in [1.54, 1.807) is 16.4 Å². The van der Waals surface area contributed by atoms with Gasteiger partial charge in [-0.1, -0.05) is 13.8 Å². The molecule has 0 radical (unpaired) electrons. The number of anilines is 1. The molecule has 3 rings (SSSR count). The number of hydrogen-bond donors (Lipinski definition) is 1. The van der Waals surface area contributed by atoms with Gasteiger partial charge in [0.05, 0.1) is 0 Å². The van der Waals surface area contributed by atoms with E-state index in [4.69, 9.17) is 0 Å². The van der Waals surface area contributed by atoms with Crippen molar-refractivity contribution in [3.8, 4) is 0 Å². The van der Waals surface area contributed by atoms with E-state index in [9.17, 15) is 8.42 Å². The largest absolute Gasteiger partial charge is 0.366 e. The van der Waals surface area contributed by atoms with Crippen molar-refractivity contribution in [2.24, 2.45) is 11.8 Å². The summed E-state index contributed by atoms with van der Waals surface area (Å²) < 4.78 is 27.1. The summed E-state index contributed by atoms with van der Waals surface area (Å²) in [5.74, 6) is 2.21. The summed E-state index contributed by atoms with van der Waals surface area (Å²) in [5, 5.41) is 3.41. The molecule has 2 aliphatic rings. The van der Waals surface area contributed by atoms with Gasteiger partial charge in [-0.05, 0) is 44.4 Å². The number of rotatable bonds is 6. The minimum Gasteiger partial charge on any atom is -0.366 e. The lowest BCUT2D eigenvalue weighted by atomic mass is 9.92. The van der Waals surface area contributed by atoms with Gasteiger partial charge < -0.3 is 15.1 Å². The fraction of sp³-hybridized carbons (Fsp3) is 0.750.